The Morgan fingerprint density at radius 3 is 2.21 bits per heavy atom. The number of rotatable bonds is 3. The molecule has 0 aliphatic heterocycles. The van der Waals surface area contributed by atoms with Crippen molar-refractivity contribution in [3.63, 3.8) is 0 Å². The van der Waals surface area contributed by atoms with E-state index in [1.54, 1.807) is 26.0 Å². The molecular formula is C15H24N6O3. The molecule has 0 radical (unpaired) electrons. The van der Waals surface area contributed by atoms with E-state index in [0.29, 0.717) is 40.6 Å². The molecule has 0 fully saturated rings. The summed E-state index contributed by atoms with van der Waals surface area (Å²) >= 11 is 0. The van der Waals surface area contributed by atoms with E-state index in [1.165, 1.54) is 0 Å². The molecule has 0 spiro atoms. The molecule has 0 aromatic carbocycles. The first-order chi connectivity index (χ1) is 11.3. The summed E-state index contributed by atoms with van der Waals surface area (Å²) in [4.78, 5) is 22.7. The van der Waals surface area contributed by atoms with Crippen molar-refractivity contribution in [2.24, 2.45) is 4.99 Å². The van der Waals surface area contributed by atoms with Crippen LogP contribution in [0.2, 0.25) is 0 Å². The molecule has 0 bridgehead atoms. The zero-order valence-corrected chi connectivity index (χ0v) is 14.6. The van der Waals surface area contributed by atoms with E-state index in [2.05, 4.69) is 20.3 Å². The molecule has 2 aromatic rings. The van der Waals surface area contributed by atoms with Crippen LogP contribution in [-0.4, -0.2) is 42.9 Å². The van der Waals surface area contributed by atoms with Gasteiger partial charge in [-0.2, -0.15) is 9.71 Å². The van der Waals surface area contributed by atoms with Crippen molar-refractivity contribution >= 4 is 5.82 Å². The molecule has 24 heavy (non-hydrogen) atoms. The van der Waals surface area contributed by atoms with Crippen LogP contribution in [0.25, 0.3) is 0 Å². The molecule has 9 heteroatoms. The highest BCUT2D eigenvalue weighted by Gasteiger charge is 2.01. The Morgan fingerprint density at radius 2 is 1.71 bits per heavy atom. The number of hydrogen-bond donors (Lipinski definition) is 3. The molecule has 2 rings (SSSR count). The first-order valence-electron chi connectivity index (χ1n) is 7.61. The summed E-state index contributed by atoms with van der Waals surface area (Å²) < 4.78 is 1.56. The molecule has 9 nitrogen and oxygen atoms in total. The molecule has 0 amide bonds. The lowest BCUT2D eigenvalue weighted by atomic mass is 10.4. The smallest absolute Gasteiger partial charge is 0.382 e. The third kappa shape index (κ3) is 5.11. The highest BCUT2D eigenvalue weighted by Crippen LogP contribution is 2.00. The molecule has 0 saturated heterocycles. The number of nitrogens with zero attached hydrogens (tertiary/aromatic N) is 5. The van der Waals surface area contributed by atoms with E-state index < -0.39 is 5.69 Å². The largest absolute Gasteiger partial charge is 0.427 e. The fraction of sp³-hybridized carbons (Fsp3) is 0.467. The van der Waals surface area contributed by atoms with Crippen LogP contribution in [0.3, 0.4) is 0 Å². The Morgan fingerprint density at radius 1 is 1.08 bits per heavy atom. The Bertz CT molecular complexity index is 784. The summed E-state index contributed by atoms with van der Waals surface area (Å²) in [6.45, 7) is 10.4. The Kier molecular flexibility index (Phi) is 6.97. The summed E-state index contributed by atoms with van der Waals surface area (Å²) in [7, 11) is 0. The van der Waals surface area contributed by atoms with Crippen LogP contribution in [0, 0.1) is 20.8 Å². The van der Waals surface area contributed by atoms with Gasteiger partial charge in [0.15, 0.2) is 5.49 Å². The lowest BCUT2D eigenvalue weighted by Gasteiger charge is -2.04. The van der Waals surface area contributed by atoms with Crippen molar-refractivity contribution in [1.29, 1.82) is 0 Å². The molecule has 0 atom stereocenters. The number of aromatic nitrogens is 4. The second-order valence-electron chi connectivity index (χ2n) is 5.00. The fourth-order valence-corrected chi connectivity index (χ4v) is 1.86. The normalized spacial score (nSPS) is 11.0. The molecule has 0 unspecified atom stereocenters. The van der Waals surface area contributed by atoms with Gasteiger partial charge in [0, 0.05) is 25.2 Å². The highest BCUT2D eigenvalue weighted by atomic mass is 16.5. The van der Waals surface area contributed by atoms with Gasteiger partial charge in [-0.25, -0.2) is 9.78 Å². The van der Waals surface area contributed by atoms with Gasteiger partial charge < -0.3 is 15.7 Å². The number of aryl methyl sites for hydroxylation is 3. The minimum Gasteiger partial charge on any atom is -0.427 e. The van der Waals surface area contributed by atoms with E-state index >= 15 is 0 Å². The standard InChI is InChI=1S/C8H13N3O.C7H11N3O2/c1-4-9-8-5-6(2)11(12)7(3)10-8;1-3-8-6-4-5(2)10(12)7(11)9-6/h5,12H,4H2,1-3H3;4,12H,3H2,1-2H3,(H,8,9,11). The average molecular weight is 336 g/mol. The van der Waals surface area contributed by atoms with E-state index in [9.17, 15) is 10.0 Å². The minimum absolute atomic E-state index is 0.464. The van der Waals surface area contributed by atoms with Crippen LogP contribution in [0.15, 0.2) is 21.9 Å². The number of anilines is 1. The van der Waals surface area contributed by atoms with Crippen LogP contribution >= 0.6 is 0 Å². The van der Waals surface area contributed by atoms with Gasteiger partial charge >= 0.3 is 5.69 Å². The summed E-state index contributed by atoms with van der Waals surface area (Å²) in [6, 6.07) is 3.35. The van der Waals surface area contributed by atoms with Crippen molar-refractivity contribution in [2.45, 2.75) is 34.6 Å². The van der Waals surface area contributed by atoms with E-state index in [1.807, 2.05) is 20.8 Å². The lowest BCUT2D eigenvalue weighted by Crippen LogP contribution is -2.23. The molecule has 2 heterocycles. The first-order valence-corrected chi connectivity index (χ1v) is 7.61. The van der Waals surface area contributed by atoms with Gasteiger partial charge in [0.1, 0.15) is 11.6 Å². The quantitative estimate of drug-likeness (QED) is 0.716. The average Bonchev–Trinajstić information content (AvgIpc) is 2.51. The summed E-state index contributed by atoms with van der Waals surface area (Å²) in [5.41, 5.74) is 1.23. The van der Waals surface area contributed by atoms with Crippen LogP contribution in [-0.2, 0) is 0 Å². The Balaban J connectivity index is 0.000000240. The van der Waals surface area contributed by atoms with Crippen molar-refractivity contribution in [1.82, 2.24) is 19.4 Å². The van der Waals surface area contributed by atoms with Gasteiger partial charge in [0.2, 0.25) is 0 Å². The molecule has 0 saturated carbocycles. The van der Waals surface area contributed by atoms with Gasteiger partial charge in [0.25, 0.3) is 0 Å². The predicted molar refractivity (Wildman–Crippen MR) is 89.6 cm³/mol. The van der Waals surface area contributed by atoms with Crippen LogP contribution in [0.5, 0.6) is 0 Å². The maximum absolute atomic E-state index is 10.9. The lowest BCUT2D eigenvalue weighted by molar-refractivity contribution is 0.163. The highest BCUT2D eigenvalue weighted by molar-refractivity contribution is 5.34. The second-order valence-corrected chi connectivity index (χ2v) is 5.00. The molecule has 132 valence electrons. The monoisotopic (exact) mass is 336 g/mol. The SMILES string of the molecule is CCN=c1cc(C)n(O)c(C)n1.CCNc1cc(C)n(O)c(=O)n1. The number of nitrogens with one attached hydrogen (secondary N) is 1. The van der Waals surface area contributed by atoms with Crippen LogP contribution < -0.4 is 16.5 Å². The third-order valence-electron chi connectivity index (χ3n) is 3.01. The third-order valence-corrected chi connectivity index (χ3v) is 3.01. The van der Waals surface area contributed by atoms with Crippen LogP contribution in [0.4, 0.5) is 5.82 Å². The topological polar surface area (TPSA) is 118 Å². The van der Waals surface area contributed by atoms with Gasteiger partial charge in [-0.15, -0.1) is 4.73 Å². The Labute approximate surface area is 139 Å². The molecule has 0 aliphatic carbocycles. The maximum Gasteiger partial charge on any atom is 0.382 e. The van der Waals surface area contributed by atoms with E-state index in [0.717, 1.165) is 10.4 Å². The van der Waals surface area contributed by atoms with Crippen molar-refractivity contribution in [3.05, 3.63) is 45.3 Å². The zero-order chi connectivity index (χ0) is 18.3. The molecule has 0 aliphatic rings. The van der Waals surface area contributed by atoms with Crippen molar-refractivity contribution in [3.8, 4) is 0 Å². The summed E-state index contributed by atoms with van der Waals surface area (Å²) in [5, 5.41) is 21.2. The van der Waals surface area contributed by atoms with E-state index in [4.69, 9.17) is 5.21 Å². The predicted octanol–water partition coefficient (Wildman–Crippen LogP) is 0.879. The minimum atomic E-state index is -0.661. The van der Waals surface area contributed by atoms with Gasteiger partial charge in [-0.05, 0) is 34.6 Å². The van der Waals surface area contributed by atoms with E-state index in [-0.39, 0.29) is 0 Å². The number of hydrogen-bond acceptors (Lipinski definition) is 7. The summed E-state index contributed by atoms with van der Waals surface area (Å²) in [5.74, 6) is 1.05. The van der Waals surface area contributed by atoms with Crippen LogP contribution in [0.1, 0.15) is 31.1 Å². The summed E-state index contributed by atoms with van der Waals surface area (Å²) in [6.07, 6.45) is 0. The van der Waals surface area contributed by atoms with Crippen molar-refractivity contribution in [2.75, 3.05) is 18.4 Å². The van der Waals surface area contributed by atoms with Gasteiger partial charge in [-0.3, -0.25) is 4.99 Å². The maximum atomic E-state index is 10.9. The second kappa shape index (κ2) is 8.70. The first kappa shape index (κ1) is 19.2. The molecular weight excluding hydrogens is 312 g/mol. The fourth-order valence-electron chi connectivity index (χ4n) is 1.86. The zero-order valence-electron chi connectivity index (χ0n) is 14.6. The van der Waals surface area contributed by atoms with Crippen molar-refractivity contribution < 1.29 is 10.4 Å². The Hall–Kier alpha value is -2.84. The van der Waals surface area contributed by atoms with Gasteiger partial charge in [-0.1, -0.05) is 0 Å². The molecule has 3 N–H and O–H groups in total. The van der Waals surface area contributed by atoms with Gasteiger partial charge in [0.05, 0.1) is 11.4 Å². The molecule has 2 aromatic heterocycles.